The maximum absolute atomic E-state index is 11.6. The highest BCUT2D eigenvalue weighted by Crippen LogP contribution is 2.07. The zero-order valence-corrected chi connectivity index (χ0v) is 12.8. The molecule has 1 amide bonds. The van der Waals surface area contributed by atoms with Crippen LogP contribution in [0.1, 0.15) is 24.8 Å². The van der Waals surface area contributed by atoms with E-state index >= 15 is 0 Å². The lowest BCUT2D eigenvalue weighted by Crippen LogP contribution is -2.22. The Morgan fingerprint density at radius 1 is 1.25 bits per heavy atom. The fourth-order valence-electron chi connectivity index (χ4n) is 1.84. The van der Waals surface area contributed by atoms with Crippen LogP contribution in [0.25, 0.3) is 5.69 Å². The van der Waals surface area contributed by atoms with Crippen LogP contribution in [0.15, 0.2) is 42.7 Å². The second kappa shape index (κ2) is 7.85. The summed E-state index contributed by atoms with van der Waals surface area (Å²) >= 11 is 3.36. The Hall–Kier alpha value is -1.62. The number of para-hydroxylation sites is 1. The van der Waals surface area contributed by atoms with Crippen LogP contribution in [0, 0.1) is 0 Å². The van der Waals surface area contributed by atoms with Gasteiger partial charge < -0.3 is 5.32 Å². The molecule has 0 spiro atoms. The molecule has 106 valence electrons. The molecule has 0 saturated heterocycles. The molecular formula is C15H18BrN3O. The first-order valence-electron chi connectivity index (χ1n) is 6.71. The SMILES string of the molecule is O=C(CCCCBr)NCc1cnn(-c2ccccc2)c1. The number of benzene rings is 1. The lowest BCUT2D eigenvalue weighted by atomic mass is 10.2. The zero-order chi connectivity index (χ0) is 14.2. The van der Waals surface area contributed by atoms with Crippen LogP contribution < -0.4 is 5.32 Å². The van der Waals surface area contributed by atoms with E-state index in [0.29, 0.717) is 13.0 Å². The Balaban J connectivity index is 1.83. The quantitative estimate of drug-likeness (QED) is 0.624. The summed E-state index contributed by atoms with van der Waals surface area (Å²) in [5.74, 6) is 0.0958. The normalized spacial score (nSPS) is 10.4. The standard InChI is InChI=1S/C15H18BrN3O/c16-9-5-4-8-15(20)17-10-13-11-18-19(12-13)14-6-2-1-3-7-14/h1-3,6-7,11-12H,4-5,8-10H2,(H,17,20). The van der Waals surface area contributed by atoms with E-state index in [1.54, 1.807) is 6.20 Å². The second-order valence-electron chi connectivity index (χ2n) is 4.55. The van der Waals surface area contributed by atoms with E-state index in [1.165, 1.54) is 0 Å². The second-order valence-corrected chi connectivity index (χ2v) is 5.34. The van der Waals surface area contributed by atoms with Gasteiger partial charge in [-0.25, -0.2) is 4.68 Å². The number of unbranched alkanes of at least 4 members (excludes halogenated alkanes) is 1. The fourth-order valence-corrected chi connectivity index (χ4v) is 2.24. The third kappa shape index (κ3) is 4.49. The number of carbonyl (C=O) groups is 1. The number of nitrogens with one attached hydrogen (secondary N) is 1. The molecule has 4 nitrogen and oxygen atoms in total. The number of alkyl halides is 1. The molecule has 1 N–H and O–H groups in total. The highest BCUT2D eigenvalue weighted by atomic mass is 79.9. The maximum atomic E-state index is 11.6. The lowest BCUT2D eigenvalue weighted by molar-refractivity contribution is -0.121. The Bertz CT molecular complexity index is 539. The Morgan fingerprint density at radius 3 is 2.80 bits per heavy atom. The Kier molecular flexibility index (Phi) is 5.80. The van der Waals surface area contributed by atoms with Crippen molar-refractivity contribution < 1.29 is 4.79 Å². The minimum Gasteiger partial charge on any atom is -0.352 e. The van der Waals surface area contributed by atoms with Crippen LogP contribution in [0.2, 0.25) is 0 Å². The number of amides is 1. The number of nitrogens with zero attached hydrogens (tertiary/aromatic N) is 2. The molecule has 2 rings (SSSR count). The molecule has 0 fully saturated rings. The third-order valence-electron chi connectivity index (χ3n) is 2.93. The molecule has 20 heavy (non-hydrogen) atoms. The van der Waals surface area contributed by atoms with Crippen molar-refractivity contribution in [2.75, 3.05) is 5.33 Å². The van der Waals surface area contributed by atoms with Crippen LogP contribution in [0.3, 0.4) is 0 Å². The van der Waals surface area contributed by atoms with Gasteiger partial charge in [0.1, 0.15) is 0 Å². The Labute approximate surface area is 127 Å². The van der Waals surface area contributed by atoms with Gasteiger partial charge in [0.05, 0.1) is 11.9 Å². The van der Waals surface area contributed by atoms with Gasteiger partial charge in [0.25, 0.3) is 0 Å². The molecule has 0 saturated carbocycles. The highest BCUT2D eigenvalue weighted by Gasteiger charge is 2.03. The highest BCUT2D eigenvalue weighted by molar-refractivity contribution is 9.09. The molecule has 0 aliphatic rings. The average molecular weight is 336 g/mol. The summed E-state index contributed by atoms with van der Waals surface area (Å²) < 4.78 is 1.81. The monoisotopic (exact) mass is 335 g/mol. The molecule has 0 unspecified atom stereocenters. The summed E-state index contributed by atoms with van der Waals surface area (Å²) in [5, 5.41) is 8.16. The number of halogens is 1. The van der Waals surface area contributed by atoms with Gasteiger partial charge in [-0.2, -0.15) is 5.10 Å². The smallest absolute Gasteiger partial charge is 0.220 e. The minimum atomic E-state index is 0.0958. The summed E-state index contributed by atoms with van der Waals surface area (Å²) in [6, 6.07) is 9.91. The molecule has 1 aromatic carbocycles. The van der Waals surface area contributed by atoms with Crippen LogP contribution in [-0.2, 0) is 11.3 Å². The van der Waals surface area contributed by atoms with Gasteiger partial charge in [0.15, 0.2) is 0 Å². The third-order valence-corrected chi connectivity index (χ3v) is 3.49. The van der Waals surface area contributed by atoms with Gasteiger partial charge in [-0.15, -0.1) is 0 Å². The predicted octanol–water partition coefficient (Wildman–Crippen LogP) is 3.05. The largest absolute Gasteiger partial charge is 0.352 e. The van der Waals surface area contributed by atoms with Gasteiger partial charge in [0.2, 0.25) is 5.91 Å². The topological polar surface area (TPSA) is 46.9 Å². The van der Waals surface area contributed by atoms with Crippen LogP contribution in [0.4, 0.5) is 0 Å². The first-order valence-corrected chi connectivity index (χ1v) is 7.83. The van der Waals surface area contributed by atoms with Gasteiger partial charge in [-0.1, -0.05) is 34.1 Å². The molecular weight excluding hydrogens is 318 g/mol. The van der Waals surface area contributed by atoms with Crippen molar-refractivity contribution in [2.24, 2.45) is 0 Å². The van der Waals surface area contributed by atoms with Gasteiger partial charge in [-0.3, -0.25) is 4.79 Å². The molecule has 2 aromatic rings. The Morgan fingerprint density at radius 2 is 2.05 bits per heavy atom. The predicted molar refractivity (Wildman–Crippen MR) is 83.1 cm³/mol. The van der Waals surface area contributed by atoms with E-state index in [0.717, 1.165) is 29.4 Å². The number of aromatic nitrogens is 2. The fraction of sp³-hybridized carbons (Fsp3) is 0.333. The van der Waals surface area contributed by atoms with Crippen LogP contribution >= 0.6 is 15.9 Å². The summed E-state index contributed by atoms with van der Waals surface area (Å²) in [7, 11) is 0. The maximum Gasteiger partial charge on any atom is 0.220 e. The van der Waals surface area contributed by atoms with Gasteiger partial charge in [0, 0.05) is 30.1 Å². The first-order chi connectivity index (χ1) is 9.79. The van der Waals surface area contributed by atoms with Crippen molar-refractivity contribution >= 4 is 21.8 Å². The molecule has 1 heterocycles. The van der Waals surface area contributed by atoms with Crippen molar-refractivity contribution in [3.63, 3.8) is 0 Å². The van der Waals surface area contributed by atoms with E-state index in [2.05, 4.69) is 26.3 Å². The average Bonchev–Trinajstić information content (AvgIpc) is 2.95. The number of carbonyl (C=O) groups excluding carboxylic acids is 1. The number of hydrogen-bond donors (Lipinski definition) is 1. The molecule has 0 radical (unpaired) electrons. The van der Waals surface area contributed by atoms with Gasteiger partial charge in [-0.05, 0) is 25.0 Å². The van der Waals surface area contributed by atoms with E-state index < -0.39 is 0 Å². The van der Waals surface area contributed by atoms with E-state index in [1.807, 2.05) is 41.2 Å². The molecule has 5 heteroatoms. The molecule has 0 aliphatic carbocycles. The first kappa shape index (κ1) is 14.8. The van der Waals surface area contributed by atoms with E-state index in [4.69, 9.17) is 0 Å². The lowest BCUT2D eigenvalue weighted by Gasteiger charge is -2.03. The summed E-state index contributed by atoms with van der Waals surface area (Å²) in [6.45, 7) is 0.528. The molecule has 0 bridgehead atoms. The van der Waals surface area contributed by atoms with Crippen molar-refractivity contribution in [1.82, 2.24) is 15.1 Å². The van der Waals surface area contributed by atoms with Crippen molar-refractivity contribution in [1.29, 1.82) is 0 Å². The van der Waals surface area contributed by atoms with Crippen LogP contribution in [0.5, 0.6) is 0 Å². The van der Waals surface area contributed by atoms with Gasteiger partial charge >= 0.3 is 0 Å². The number of hydrogen-bond acceptors (Lipinski definition) is 2. The number of rotatable bonds is 7. The molecule has 0 atom stereocenters. The minimum absolute atomic E-state index is 0.0958. The summed E-state index contributed by atoms with van der Waals surface area (Å²) in [5.41, 5.74) is 2.02. The zero-order valence-electron chi connectivity index (χ0n) is 11.3. The van der Waals surface area contributed by atoms with E-state index in [9.17, 15) is 4.79 Å². The van der Waals surface area contributed by atoms with Crippen molar-refractivity contribution in [3.8, 4) is 5.69 Å². The molecule has 1 aromatic heterocycles. The van der Waals surface area contributed by atoms with Crippen LogP contribution in [-0.4, -0.2) is 21.0 Å². The summed E-state index contributed by atoms with van der Waals surface area (Å²) in [6.07, 6.45) is 6.25. The van der Waals surface area contributed by atoms with E-state index in [-0.39, 0.29) is 5.91 Å². The molecule has 0 aliphatic heterocycles. The van der Waals surface area contributed by atoms with Crippen molar-refractivity contribution in [2.45, 2.75) is 25.8 Å². The van der Waals surface area contributed by atoms with Crippen molar-refractivity contribution in [3.05, 3.63) is 48.3 Å². The summed E-state index contributed by atoms with van der Waals surface area (Å²) in [4.78, 5) is 11.6.